The summed E-state index contributed by atoms with van der Waals surface area (Å²) in [5.41, 5.74) is 0.297. The number of anilines is 1. The first-order valence-electron chi connectivity index (χ1n) is 6.45. The Hall–Kier alpha value is -1.20. The average molecular weight is 263 g/mol. The van der Waals surface area contributed by atoms with Gasteiger partial charge in [-0.25, -0.2) is 0 Å². The van der Waals surface area contributed by atoms with E-state index in [1.54, 1.807) is 0 Å². The van der Waals surface area contributed by atoms with Gasteiger partial charge in [-0.2, -0.15) is 5.26 Å². The zero-order valence-electron chi connectivity index (χ0n) is 11.0. The molecule has 1 aliphatic rings. The fraction of sp³-hybridized carbons (Fsp3) is 0.533. The molecule has 3 heteroatoms. The van der Waals surface area contributed by atoms with Gasteiger partial charge in [-0.1, -0.05) is 44.0 Å². The van der Waals surface area contributed by atoms with E-state index in [9.17, 15) is 5.26 Å². The Bertz CT molecular complexity index is 476. The summed E-state index contributed by atoms with van der Waals surface area (Å²) in [6.45, 7) is 4.33. The van der Waals surface area contributed by atoms with E-state index >= 15 is 0 Å². The number of hydrogen-bond donors (Lipinski definition) is 1. The van der Waals surface area contributed by atoms with Gasteiger partial charge in [-0.3, -0.25) is 0 Å². The highest BCUT2D eigenvalue weighted by molar-refractivity contribution is 6.33. The number of halogens is 1. The largest absolute Gasteiger partial charge is 0.366 e. The van der Waals surface area contributed by atoms with Crippen LogP contribution in [0.3, 0.4) is 0 Å². The molecule has 0 amide bonds. The van der Waals surface area contributed by atoms with Crippen molar-refractivity contribution in [3.8, 4) is 6.07 Å². The van der Waals surface area contributed by atoms with Crippen molar-refractivity contribution in [3.63, 3.8) is 0 Å². The van der Waals surface area contributed by atoms with Gasteiger partial charge < -0.3 is 5.32 Å². The summed E-state index contributed by atoms with van der Waals surface area (Å²) < 4.78 is 0. The molecule has 0 saturated heterocycles. The second-order valence-corrected chi connectivity index (χ2v) is 6.12. The lowest BCUT2D eigenvalue weighted by atomic mass is 9.63. The molecule has 96 valence electrons. The van der Waals surface area contributed by atoms with Crippen molar-refractivity contribution in [3.05, 3.63) is 29.3 Å². The first-order chi connectivity index (χ1) is 8.51. The second-order valence-electron chi connectivity index (χ2n) is 5.71. The Morgan fingerprint density at radius 3 is 2.50 bits per heavy atom. The average Bonchev–Trinajstić information content (AvgIpc) is 2.34. The van der Waals surface area contributed by atoms with Crippen LogP contribution in [0.1, 0.15) is 39.5 Å². The minimum atomic E-state index is -0.518. The molecule has 0 aliphatic heterocycles. The summed E-state index contributed by atoms with van der Waals surface area (Å²) in [6, 6.07) is 10.1. The van der Waals surface area contributed by atoms with Gasteiger partial charge in [0.2, 0.25) is 0 Å². The number of benzene rings is 1. The van der Waals surface area contributed by atoms with E-state index in [4.69, 9.17) is 11.6 Å². The van der Waals surface area contributed by atoms with E-state index in [1.807, 2.05) is 24.3 Å². The summed E-state index contributed by atoms with van der Waals surface area (Å²) in [5.74, 6) is 0. The van der Waals surface area contributed by atoms with E-state index < -0.39 is 5.54 Å². The Balaban J connectivity index is 2.34. The van der Waals surface area contributed by atoms with Gasteiger partial charge in [0.15, 0.2) is 0 Å². The van der Waals surface area contributed by atoms with Gasteiger partial charge in [-0.15, -0.1) is 0 Å². The smallest absolute Gasteiger partial charge is 0.130 e. The van der Waals surface area contributed by atoms with Crippen LogP contribution in [0.2, 0.25) is 5.02 Å². The van der Waals surface area contributed by atoms with Crippen molar-refractivity contribution >= 4 is 17.3 Å². The van der Waals surface area contributed by atoms with Gasteiger partial charge in [0.25, 0.3) is 0 Å². The quantitative estimate of drug-likeness (QED) is 0.845. The molecule has 0 heterocycles. The van der Waals surface area contributed by atoms with Crippen LogP contribution in [0.5, 0.6) is 0 Å². The zero-order chi connectivity index (χ0) is 13.2. The molecule has 1 aromatic carbocycles. The molecule has 1 N–H and O–H groups in total. The minimum absolute atomic E-state index is 0.0425. The summed E-state index contributed by atoms with van der Waals surface area (Å²) >= 11 is 6.18. The van der Waals surface area contributed by atoms with Crippen molar-refractivity contribution in [1.29, 1.82) is 5.26 Å². The van der Waals surface area contributed by atoms with Gasteiger partial charge in [-0.05, 0) is 31.4 Å². The van der Waals surface area contributed by atoms with E-state index in [2.05, 4.69) is 25.2 Å². The molecule has 1 atom stereocenters. The molecule has 0 aromatic heterocycles. The van der Waals surface area contributed by atoms with Crippen LogP contribution < -0.4 is 5.32 Å². The lowest BCUT2D eigenvalue weighted by molar-refractivity contribution is 0.164. The fourth-order valence-corrected chi connectivity index (χ4v) is 2.95. The first kappa shape index (κ1) is 13.2. The Labute approximate surface area is 114 Å². The topological polar surface area (TPSA) is 35.8 Å². The summed E-state index contributed by atoms with van der Waals surface area (Å²) in [4.78, 5) is 0. The van der Waals surface area contributed by atoms with Crippen LogP contribution in [0, 0.1) is 16.7 Å². The van der Waals surface area contributed by atoms with Crippen molar-refractivity contribution in [2.45, 2.75) is 45.1 Å². The summed E-state index contributed by atoms with van der Waals surface area (Å²) in [6.07, 6.45) is 4.23. The second kappa shape index (κ2) is 4.82. The van der Waals surface area contributed by atoms with E-state index in [0.29, 0.717) is 5.02 Å². The third kappa shape index (κ3) is 2.20. The molecule has 2 rings (SSSR count). The van der Waals surface area contributed by atoms with Crippen LogP contribution in [0.25, 0.3) is 0 Å². The molecular formula is C15H19ClN2. The van der Waals surface area contributed by atoms with Crippen molar-refractivity contribution in [2.75, 3.05) is 5.32 Å². The van der Waals surface area contributed by atoms with Crippen molar-refractivity contribution < 1.29 is 0 Å². The molecule has 0 radical (unpaired) electrons. The fourth-order valence-electron chi connectivity index (χ4n) is 2.77. The Kier molecular flexibility index (Phi) is 3.54. The number of nitriles is 1. The normalized spacial score (nSPS) is 26.3. The van der Waals surface area contributed by atoms with Crippen LogP contribution >= 0.6 is 11.6 Å². The van der Waals surface area contributed by atoms with Gasteiger partial charge >= 0.3 is 0 Å². The monoisotopic (exact) mass is 262 g/mol. The molecule has 1 fully saturated rings. The number of nitrogens with one attached hydrogen (secondary N) is 1. The molecule has 18 heavy (non-hydrogen) atoms. The Morgan fingerprint density at radius 2 is 1.89 bits per heavy atom. The van der Waals surface area contributed by atoms with Gasteiger partial charge in [0.05, 0.1) is 16.8 Å². The number of rotatable bonds is 2. The summed E-state index contributed by atoms with van der Waals surface area (Å²) in [5, 5.41) is 13.8. The molecular weight excluding hydrogens is 244 g/mol. The third-order valence-corrected chi connectivity index (χ3v) is 4.50. The predicted molar refractivity (Wildman–Crippen MR) is 75.7 cm³/mol. The zero-order valence-corrected chi connectivity index (χ0v) is 11.7. The molecule has 1 aliphatic carbocycles. The van der Waals surface area contributed by atoms with Crippen molar-refractivity contribution in [2.24, 2.45) is 5.41 Å². The summed E-state index contributed by atoms with van der Waals surface area (Å²) in [7, 11) is 0. The van der Waals surface area contributed by atoms with Crippen LogP contribution in [-0.4, -0.2) is 5.54 Å². The SMILES string of the molecule is CC1(C)CCCCC1(C#N)Nc1ccccc1Cl. The predicted octanol–water partition coefficient (Wildman–Crippen LogP) is 4.61. The molecule has 1 saturated carbocycles. The highest BCUT2D eigenvalue weighted by atomic mass is 35.5. The van der Waals surface area contributed by atoms with E-state index in [1.165, 1.54) is 6.42 Å². The van der Waals surface area contributed by atoms with Gasteiger partial charge in [0.1, 0.15) is 5.54 Å². The number of para-hydroxylation sites is 1. The molecule has 2 nitrogen and oxygen atoms in total. The minimum Gasteiger partial charge on any atom is -0.366 e. The maximum Gasteiger partial charge on any atom is 0.130 e. The van der Waals surface area contributed by atoms with Crippen LogP contribution in [0.15, 0.2) is 24.3 Å². The standard InChI is InChI=1S/C15H19ClN2/c1-14(2)9-5-6-10-15(14,11-17)18-13-8-4-3-7-12(13)16/h3-4,7-8,18H,5-6,9-10H2,1-2H3. The lowest BCUT2D eigenvalue weighted by Gasteiger charge is -2.46. The number of hydrogen-bond acceptors (Lipinski definition) is 2. The maximum atomic E-state index is 9.67. The molecule has 0 spiro atoms. The molecule has 1 unspecified atom stereocenters. The highest BCUT2D eigenvalue weighted by Gasteiger charge is 2.47. The van der Waals surface area contributed by atoms with E-state index in [0.717, 1.165) is 24.9 Å². The molecule has 1 aromatic rings. The Morgan fingerprint density at radius 1 is 1.22 bits per heavy atom. The highest BCUT2D eigenvalue weighted by Crippen LogP contribution is 2.46. The van der Waals surface area contributed by atoms with Gasteiger partial charge in [0, 0.05) is 5.41 Å². The maximum absolute atomic E-state index is 9.67. The van der Waals surface area contributed by atoms with Crippen LogP contribution in [-0.2, 0) is 0 Å². The van der Waals surface area contributed by atoms with Crippen molar-refractivity contribution in [1.82, 2.24) is 0 Å². The molecule has 0 bridgehead atoms. The van der Waals surface area contributed by atoms with Crippen LogP contribution in [0.4, 0.5) is 5.69 Å². The number of nitrogens with zero attached hydrogens (tertiary/aromatic N) is 1. The third-order valence-electron chi connectivity index (χ3n) is 4.17. The lowest BCUT2D eigenvalue weighted by Crippen LogP contribution is -2.52. The van der Waals surface area contributed by atoms with E-state index in [-0.39, 0.29) is 5.41 Å². The first-order valence-corrected chi connectivity index (χ1v) is 6.83.